The van der Waals surface area contributed by atoms with E-state index in [1.54, 1.807) is 37.3 Å². The van der Waals surface area contributed by atoms with Crippen molar-refractivity contribution in [2.45, 2.75) is 64.2 Å². The number of carbonyl (C=O) groups is 4. The van der Waals surface area contributed by atoms with Crippen LogP contribution in [-0.2, 0) is 36.9 Å². The van der Waals surface area contributed by atoms with Gasteiger partial charge in [-0.05, 0) is 79.5 Å². The molecule has 2 atom stereocenters. The summed E-state index contributed by atoms with van der Waals surface area (Å²) in [6, 6.07) is 11.2. The Kier molecular flexibility index (Phi) is 11.5. The van der Waals surface area contributed by atoms with Crippen LogP contribution in [0.3, 0.4) is 0 Å². The number of carboxylic acid groups (broad SMARTS) is 1. The average Bonchev–Trinajstić information content (AvgIpc) is 3.00. The van der Waals surface area contributed by atoms with Crippen LogP contribution in [0, 0.1) is 0 Å². The predicted molar refractivity (Wildman–Crippen MR) is 149 cm³/mol. The highest BCUT2D eigenvalue weighted by Gasteiger charge is 2.37. The number of likely N-dealkylation sites (tertiary alicyclic amines) is 1. The summed E-state index contributed by atoms with van der Waals surface area (Å²) in [7, 11) is 1.53. The Morgan fingerprint density at radius 1 is 1.10 bits per heavy atom. The number of ketones is 1. The molecule has 41 heavy (non-hydrogen) atoms. The predicted octanol–water partition coefficient (Wildman–Crippen LogP) is 3.78. The lowest BCUT2D eigenvalue weighted by Gasteiger charge is -2.34. The van der Waals surface area contributed by atoms with Gasteiger partial charge in [0, 0.05) is 12.1 Å². The van der Waals surface area contributed by atoms with E-state index in [9.17, 15) is 24.3 Å². The minimum absolute atomic E-state index is 0.192. The Labute approximate surface area is 239 Å². The van der Waals surface area contributed by atoms with Crippen LogP contribution in [0.2, 0.25) is 0 Å². The number of aliphatic carboxylic acids is 1. The van der Waals surface area contributed by atoms with Crippen LogP contribution in [0.25, 0.3) is 0 Å². The van der Waals surface area contributed by atoms with Crippen molar-refractivity contribution in [2.24, 2.45) is 0 Å². The van der Waals surface area contributed by atoms with E-state index in [4.69, 9.17) is 19.3 Å². The van der Waals surface area contributed by atoms with Crippen molar-refractivity contribution in [3.05, 3.63) is 71.3 Å². The van der Waals surface area contributed by atoms with Crippen LogP contribution in [-0.4, -0.2) is 65.0 Å². The maximum atomic E-state index is 13.5. The number of methoxy groups -OCH3 is 1. The Morgan fingerprint density at radius 2 is 1.83 bits per heavy atom. The van der Waals surface area contributed by atoms with Gasteiger partial charge in [-0.2, -0.15) is 0 Å². The van der Waals surface area contributed by atoms with Crippen LogP contribution in [0.1, 0.15) is 61.8 Å². The number of carboxylic acids is 1. The molecule has 0 spiro atoms. The fourth-order valence-electron chi connectivity index (χ4n) is 4.71. The lowest BCUT2D eigenvalue weighted by molar-refractivity contribution is -0.163. The minimum Gasteiger partial charge on any atom is -0.496 e. The highest BCUT2D eigenvalue weighted by molar-refractivity contribution is 6.42. The number of hydrogen-bond donors (Lipinski definition) is 2. The lowest BCUT2D eigenvalue weighted by atomic mass is 9.98. The molecule has 0 bridgehead atoms. The van der Waals surface area contributed by atoms with Gasteiger partial charge in [0.15, 0.2) is 6.61 Å². The van der Waals surface area contributed by atoms with E-state index in [2.05, 4.69) is 6.58 Å². The molecular weight excluding hydrogens is 530 g/mol. The van der Waals surface area contributed by atoms with Crippen LogP contribution in [0.5, 0.6) is 11.5 Å². The molecule has 1 fully saturated rings. The van der Waals surface area contributed by atoms with Gasteiger partial charge in [0.1, 0.15) is 23.6 Å². The number of ether oxygens (including phenoxy) is 3. The summed E-state index contributed by atoms with van der Waals surface area (Å²) in [6.07, 6.45) is 2.26. The van der Waals surface area contributed by atoms with Crippen molar-refractivity contribution in [1.29, 1.82) is 0 Å². The standard InChI is InChI=1S/C31H37NO9/c1-4-20(2)29(36)30(37)32-16-6-5-7-25(32)31(38)41-27(22-10-12-24(13-11-22)40-19-28(34)35)15-9-21-8-14-26(39-3)23(17-21)18-33/h8,10-14,17,25,27,33H,2,4-7,9,15-16,18-19H2,1,3H3,(H,34,35)/t25-,27+/m1/s1. The van der Waals surface area contributed by atoms with Crippen molar-refractivity contribution in [2.75, 3.05) is 20.3 Å². The van der Waals surface area contributed by atoms with E-state index < -0.39 is 42.4 Å². The van der Waals surface area contributed by atoms with Crippen LogP contribution in [0.15, 0.2) is 54.6 Å². The van der Waals surface area contributed by atoms with Crippen molar-refractivity contribution in [3.63, 3.8) is 0 Å². The number of Topliss-reactive ketones (excluding diaryl/α,β-unsaturated/α-hetero) is 1. The maximum absolute atomic E-state index is 13.5. The monoisotopic (exact) mass is 567 g/mol. The number of amides is 1. The van der Waals surface area contributed by atoms with Crippen molar-refractivity contribution in [3.8, 4) is 11.5 Å². The summed E-state index contributed by atoms with van der Waals surface area (Å²) in [5.41, 5.74) is 2.38. The average molecular weight is 568 g/mol. The second kappa shape index (κ2) is 15.0. The summed E-state index contributed by atoms with van der Waals surface area (Å²) in [5, 5.41) is 18.6. The second-order valence-electron chi connectivity index (χ2n) is 9.82. The molecule has 10 heteroatoms. The van der Waals surface area contributed by atoms with E-state index in [-0.39, 0.29) is 18.7 Å². The normalized spacial score (nSPS) is 15.5. The maximum Gasteiger partial charge on any atom is 0.341 e. The molecule has 1 saturated heterocycles. The highest BCUT2D eigenvalue weighted by Crippen LogP contribution is 2.29. The number of aryl methyl sites for hydroxylation is 1. The molecule has 0 aliphatic carbocycles. The summed E-state index contributed by atoms with van der Waals surface area (Å²) in [5.74, 6) is -2.23. The van der Waals surface area contributed by atoms with Crippen LogP contribution < -0.4 is 9.47 Å². The Morgan fingerprint density at radius 3 is 2.46 bits per heavy atom. The second-order valence-corrected chi connectivity index (χ2v) is 9.82. The van der Waals surface area contributed by atoms with Crippen LogP contribution in [0.4, 0.5) is 0 Å². The van der Waals surface area contributed by atoms with Gasteiger partial charge in [0.05, 0.1) is 13.7 Å². The summed E-state index contributed by atoms with van der Waals surface area (Å²) in [4.78, 5) is 51.2. The topological polar surface area (TPSA) is 140 Å². The summed E-state index contributed by atoms with van der Waals surface area (Å²) < 4.78 is 16.5. The number of piperidine rings is 1. The minimum atomic E-state index is -1.10. The summed E-state index contributed by atoms with van der Waals surface area (Å²) in [6.45, 7) is 5.01. The third kappa shape index (κ3) is 8.40. The van der Waals surface area contributed by atoms with Gasteiger partial charge in [0.25, 0.3) is 5.91 Å². The molecule has 0 aromatic heterocycles. The Balaban J connectivity index is 1.83. The number of aliphatic hydroxyl groups excluding tert-OH is 1. The van der Waals surface area contributed by atoms with E-state index in [1.165, 1.54) is 12.0 Å². The summed E-state index contributed by atoms with van der Waals surface area (Å²) >= 11 is 0. The van der Waals surface area contributed by atoms with Gasteiger partial charge in [-0.15, -0.1) is 0 Å². The smallest absolute Gasteiger partial charge is 0.341 e. The first kappa shape index (κ1) is 31.3. The van der Waals surface area contributed by atoms with Crippen LogP contribution >= 0.6 is 0 Å². The molecule has 220 valence electrons. The zero-order chi connectivity index (χ0) is 29.9. The molecule has 0 unspecified atom stereocenters. The molecule has 1 aliphatic rings. The SMILES string of the molecule is C=C(CC)C(=O)C(=O)N1CCCC[C@@H]1C(=O)O[C@@H](CCc1ccc(OC)c(CO)c1)c1ccc(OCC(=O)O)cc1. The van der Waals surface area contributed by atoms with Crippen molar-refractivity contribution >= 4 is 23.6 Å². The number of benzene rings is 2. The molecule has 1 aliphatic heterocycles. The van der Waals surface area contributed by atoms with Crippen molar-refractivity contribution < 1.29 is 43.6 Å². The number of esters is 1. The lowest BCUT2D eigenvalue weighted by Crippen LogP contribution is -2.51. The molecule has 1 heterocycles. The number of nitrogens with zero attached hydrogens (tertiary/aromatic N) is 1. The molecule has 0 radical (unpaired) electrons. The van der Waals surface area contributed by atoms with E-state index in [0.29, 0.717) is 61.2 Å². The molecule has 3 rings (SSSR count). The molecule has 2 aromatic carbocycles. The fraction of sp³-hybridized carbons (Fsp3) is 0.419. The third-order valence-corrected chi connectivity index (χ3v) is 7.06. The van der Waals surface area contributed by atoms with E-state index in [0.717, 1.165) is 5.56 Å². The van der Waals surface area contributed by atoms with Gasteiger partial charge in [-0.25, -0.2) is 9.59 Å². The van der Waals surface area contributed by atoms with Gasteiger partial charge in [-0.3, -0.25) is 9.59 Å². The molecular formula is C31H37NO9. The largest absolute Gasteiger partial charge is 0.496 e. The van der Waals surface area contributed by atoms with Gasteiger partial charge in [0.2, 0.25) is 5.78 Å². The number of rotatable bonds is 14. The number of aliphatic hydroxyl groups is 1. The number of carbonyl (C=O) groups excluding carboxylic acids is 3. The zero-order valence-corrected chi connectivity index (χ0v) is 23.5. The highest BCUT2D eigenvalue weighted by atomic mass is 16.5. The first-order chi connectivity index (χ1) is 19.7. The van der Waals surface area contributed by atoms with Gasteiger partial charge in [-0.1, -0.05) is 31.7 Å². The molecule has 10 nitrogen and oxygen atoms in total. The first-order valence-electron chi connectivity index (χ1n) is 13.6. The van der Waals surface area contributed by atoms with Gasteiger partial charge >= 0.3 is 11.9 Å². The van der Waals surface area contributed by atoms with E-state index in [1.807, 2.05) is 12.1 Å². The number of hydrogen-bond acceptors (Lipinski definition) is 8. The molecule has 2 aromatic rings. The first-order valence-corrected chi connectivity index (χ1v) is 13.6. The molecule has 0 saturated carbocycles. The third-order valence-electron chi connectivity index (χ3n) is 7.06. The Hall–Kier alpha value is -4.18. The van der Waals surface area contributed by atoms with E-state index >= 15 is 0 Å². The van der Waals surface area contributed by atoms with Crippen molar-refractivity contribution in [1.82, 2.24) is 4.90 Å². The molecule has 2 N–H and O–H groups in total. The zero-order valence-electron chi connectivity index (χ0n) is 23.5. The fourth-order valence-corrected chi connectivity index (χ4v) is 4.71. The quantitative estimate of drug-likeness (QED) is 0.198. The van der Waals surface area contributed by atoms with Gasteiger partial charge < -0.3 is 29.3 Å². The Bertz CT molecular complexity index is 1250. The molecule has 1 amide bonds.